The fourth-order valence-electron chi connectivity index (χ4n) is 4.45. The summed E-state index contributed by atoms with van der Waals surface area (Å²) in [6.07, 6.45) is 0.846. The Morgan fingerprint density at radius 1 is 0.941 bits per heavy atom. The Labute approximate surface area is 201 Å². The number of fused-ring (bicyclic) bond motifs is 2. The number of ether oxygens (including phenoxy) is 2. The number of hydrogen-bond acceptors (Lipinski definition) is 4. The van der Waals surface area contributed by atoms with Crippen molar-refractivity contribution in [3.8, 4) is 17.2 Å². The van der Waals surface area contributed by atoms with Crippen molar-refractivity contribution >= 4 is 11.7 Å². The van der Waals surface area contributed by atoms with Crippen molar-refractivity contribution < 1.29 is 18.8 Å². The maximum absolute atomic E-state index is 13.6. The molecule has 0 saturated carbocycles. The second kappa shape index (κ2) is 9.69. The van der Waals surface area contributed by atoms with Gasteiger partial charge in [0.25, 0.3) is 0 Å². The first kappa shape index (κ1) is 23.5. The third-order valence-electron chi connectivity index (χ3n) is 6.30. The first-order valence-corrected chi connectivity index (χ1v) is 11.6. The van der Waals surface area contributed by atoms with Crippen LogP contribution in [0.5, 0.6) is 17.2 Å². The lowest BCUT2D eigenvalue weighted by molar-refractivity contribution is -0.881. The third kappa shape index (κ3) is 4.97. The second-order valence-corrected chi connectivity index (χ2v) is 9.48. The van der Waals surface area contributed by atoms with Gasteiger partial charge in [0.05, 0.1) is 27.2 Å². The standard InChI is InChI=1S/C28H31N3O3/c1-28(22-14-7-9-16-24(22)34-25-17-10-8-15-23(25)28)27(32)30-26(29)20-31(2,3)18-11-19-33-21-12-5-4-6-13-21/h4-10,12-17H,11,18-20H2,1-3H3,(H-,29,30,32)/p+1. The molecule has 1 aliphatic rings. The summed E-state index contributed by atoms with van der Waals surface area (Å²) in [5.41, 5.74) is 0.634. The van der Waals surface area contributed by atoms with E-state index < -0.39 is 5.41 Å². The molecule has 3 aromatic carbocycles. The van der Waals surface area contributed by atoms with Gasteiger partial charge in [0, 0.05) is 17.5 Å². The molecular formula is C28H32N3O3+. The molecule has 1 aliphatic heterocycles. The summed E-state index contributed by atoms with van der Waals surface area (Å²) in [6.45, 7) is 3.74. The molecule has 0 unspecified atom stereocenters. The highest BCUT2D eigenvalue weighted by Crippen LogP contribution is 2.47. The predicted octanol–water partition coefficient (Wildman–Crippen LogP) is 4.74. The molecule has 176 valence electrons. The van der Waals surface area contributed by atoms with E-state index in [1.165, 1.54) is 0 Å². The predicted molar refractivity (Wildman–Crippen MR) is 134 cm³/mol. The molecule has 1 amide bonds. The van der Waals surface area contributed by atoms with Crippen molar-refractivity contribution in [2.75, 3.05) is 33.8 Å². The van der Waals surface area contributed by atoms with Crippen LogP contribution in [-0.4, -0.2) is 50.0 Å². The maximum atomic E-state index is 13.6. The average Bonchev–Trinajstić information content (AvgIpc) is 2.82. The quantitative estimate of drug-likeness (QED) is 0.222. The molecule has 1 heterocycles. The Bertz CT molecular complexity index is 1130. The molecule has 0 aromatic heterocycles. The summed E-state index contributed by atoms with van der Waals surface area (Å²) in [4.78, 5) is 13.6. The summed E-state index contributed by atoms with van der Waals surface area (Å²) in [5, 5.41) is 11.4. The number of quaternary nitrogens is 1. The summed E-state index contributed by atoms with van der Waals surface area (Å²) in [5.74, 6) is 2.16. The molecule has 0 aliphatic carbocycles. The minimum absolute atomic E-state index is 0.196. The third-order valence-corrected chi connectivity index (χ3v) is 6.30. The highest BCUT2D eigenvalue weighted by Gasteiger charge is 2.44. The topological polar surface area (TPSA) is 71.4 Å². The van der Waals surface area contributed by atoms with Crippen LogP contribution in [0.1, 0.15) is 24.5 Å². The molecule has 0 atom stereocenters. The number of carbonyl (C=O) groups excluding carboxylic acids is 1. The van der Waals surface area contributed by atoms with Gasteiger partial charge in [-0.25, -0.2) is 0 Å². The lowest BCUT2D eigenvalue weighted by atomic mass is 9.73. The van der Waals surface area contributed by atoms with Crippen LogP contribution < -0.4 is 14.8 Å². The minimum Gasteiger partial charge on any atom is -0.493 e. The zero-order valence-corrected chi connectivity index (χ0v) is 20.0. The highest BCUT2D eigenvalue weighted by molar-refractivity contribution is 6.04. The lowest BCUT2D eigenvalue weighted by Crippen LogP contribution is -2.53. The van der Waals surface area contributed by atoms with Gasteiger partial charge in [-0.15, -0.1) is 0 Å². The van der Waals surface area contributed by atoms with Crippen LogP contribution in [-0.2, 0) is 10.2 Å². The first-order valence-electron chi connectivity index (χ1n) is 11.6. The summed E-state index contributed by atoms with van der Waals surface area (Å²) in [6, 6.07) is 25.0. The number of likely N-dealkylation sites (N-methyl/N-ethyl adjacent to an activating group) is 1. The smallest absolute Gasteiger partial charge is 0.240 e. The van der Waals surface area contributed by atoms with Crippen molar-refractivity contribution in [2.24, 2.45) is 0 Å². The van der Waals surface area contributed by atoms with Crippen molar-refractivity contribution in [3.63, 3.8) is 0 Å². The Balaban J connectivity index is 1.40. The number of carbonyl (C=O) groups is 1. The van der Waals surface area contributed by atoms with Gasteiger partial charge in [-0.05, 0) is 31.2 Å². The Hall–Kier alpha value is -3.64. The van der Waals surface area contributed by atoms with E-state index in [4.69, 9.17) is 14.9 Å². The molecule has 0 saturated heterocycles. The molecular weight excluding hydrogens is 426 g/mol. The van der Waals surface area contributed by atoms with Gasteiger partial charge >= 0.3 is 0 Å². The molecule has 0 bridgehead atoms. The van der Waals surface area contributed by atoms with Crippen LogP contribution >= 0.6 is 0 Å². The van der Waals surface area contributed by atoms with E-state index in [9.17, 15) is 4.79 Å². The number of para-hydroxylation sites is 3. The zero-order valence-electron chi connectivity index (χ0n) is 20.0. The van der Waals surface area contributed by atoms with Crippen LogP contribution in [0.15, 0.2) is 78.9 Å². The fourth-order valence-corrected chi connectivity index (χ4v) is 4.45. The van der Waals surface area contributed by atoms with Crippen LogP contribution in [0.4, 0.5) is 0 Å². The van der Waals surface area contributed by atoms with E-state index >= 15 is 0 Å². The van der Waals surface area contributed by atoms with Crippen molar-refractivity contribution in [2.45, 2.75) is 18.8 Å². The monoisotopic (exact) mass is 458 g/mol. The van der Waals surface area contributed by atoms with Crippen LogP contribution in [0.3, 0.4) is 0 Å². The highest BCUT2D eigenvalue weighted by atomic mass is 16.5. The number of hydrogen-bond donors (Lipinski definition) is 2. The van der Waals surface area contributed by atoms with Gasteiger partial charge in [-0.1, -0.05) is 54.6 Å². The van der Waals surface area contributed by atoms with E-state index in [0.717, 1.165) is 29.8 Å². The number of rotatable bonds is 8. The molecule has 6 heteroatoms. The van der Waals surface area contributed by atoms with E-state index in [1.807, 2.05) is 85.8 Å². The largest absolute Gasteiger partial charge is 0.493 e. The Morgan fingerprint density at radius 3 is 2.12 bits per heavy atom. The normalized spacial score (nSPS) is 13.7. The van der Waals surface area contributed by atoms with Gasteiger partial charge in [-0.3, -0.25) is 10.2 Å². The molecule has 2 N–H and O–H groups in total. The molecule has 0 fully saturated rings. The first-order chi connectivity index (χ1) is 16.3. The van der Waals surface area contributed by atoms with Gasteiger partial charge < -0.3 is 19.3 Å². The van der Waals surface area contributed by atoms with Crippen LogP contribution in [0.2, 0.25) is 0 Å². The number of benzene rings is 3. The molecule has 4 rings (SSSR count). The Kier molecular flexibility index (Phi) is 6.70. The summed E-state index contributed by atoms with van der Waals surface area (Å²) in [7, 11) is 4.12. The molecule has 6 nitrogen and oxygen atoms in total. The summed E-state index contributed by atoms with van der Waals surface area (Å²) < 4.78 is 12.4. The number of amidine groups is 1. The number of nitrogens with zero attached hydrogens (tertiary/aromatic N) is 1. The van der Waals surface area contributed by atoms with E-state index in [-0.39, 0.29) is 11.7 Å². The van der Waals surface area contributed by atoms with Crippen LogP contribution in [0, 0.1) is 5.41 Å². The van der Waals surface area contributed by atoms with E-state index in [0.29, 0.717) is 29.1 Å². The zero-order chi connectivity index (χ0) is 24.2. The molecule has 0 spiro atoms. The van der Waals surface area contributed by atoms with E-state index in [2.05, 4.69) is 19.4 Å². The fraction of sp³-hybridized carbons (Fsp3) is 0.286. The van der Waals surface area contributed by atoms with Crippen LogP contribution in [0.25, 0.3) is 0 Å². The van der Waals surface area contributed by atoms with Crippen molar-refractivity contribution in [1.82, 2.24) is 5.32 Å². The second-order valence-electron chi connectivity index (χ2n) is 9.48. The Morgan fingerprint density at radius 2 is 1.50 bits per heavy atom. The SMILES string of the molecule is CC1(C(=O)NC(=N)C[N+](C)(C)CCCOc2ccccc2)c2ccccc2Oc2ccccc21. The van der Waals surface area contributed by atoms with Gasteiger partial charge in [-0.2, -0.15) is 0 Å². The minimum atomic E-state index is -0.960. The van der Waals surface area contributed by atoms with Gasteiger partial charge in [0.1, 0.15) is 29.2 Å². The average molecular weight is 459 g/mol. The molecule has 0 radical (unpaired) electrons. The van der Waals surface area contributed by atoms with Crippen molar-refractivity contribution in [1.29, 1.82) is 5.41 Å². The molecule has 34 heavy (non-hydrogen) atoms. The van der Waals surface area contributed by atoms with Gasteiger partial charge in [0.15, 0.2) is 5.84 Å². The van der Waals surface area contributed by atoms with E-state index in [1.54, 1.807) is 0 Å². The lowest BCUT2D eigenvalue weighted by Gasteiger charge is -2.36. The molecule has 3 aromatic rings. The van der Waals surface area contributed by atoms with Crippen molar-refractivity contribution in [3.05, 3.63) is 90.0 Å². The van der Waals surface area contributed by atoms with Gasteiger partial charge in [0.2, 0.25) is 5.91 Å². The number of nitrogens with one attached hydrogen (secondary N) is 2. The summed E-state index contributed by atoms with van der Waals surface area (Å²) >= 11 is 0. The maximum Gasteiger partial charge on any atom is 0.240 e. The number of amides is 1.